The van der Waals surface area contributed by atoms with Gasteiger partial charge in [0.1, 0.15) is 11.9 Å². The van der Waals surface area contributed by atoms with Crippen LogP contribution in [-0.4, -0.2) is 29.9 Å². The molecule has 1 atom stereocenters. The average molecular weight is 264 g/mol. The molecule has 104 valence electrons. The highest BCUT2D eigenvalue weighted by molar-refractivity contribution is 5.84. The van der Waals surface area contributed by atoms with Gasteiger partial charge in [0, 0.05) is 18.8 Å². The van der Waals surface area contributed by atoms with Crippen LogP contribution < -0.4 is 5.32 Å². The third-order valence-electron chi connectivity index (χ3n) is 3.60. The molecular weight excluding hydrogens is 243 g/mol. The molecule has 1 aromatic carbocycles. The molecule has 1 saturated heterocycles. The molecule has 1 aliphatic rings. The van der Waals surface area contributed by atoms with Gasteiger partial charge in [-0.1, -0.05) is 0 Å². The molecule has 1 amide bonds. The van der Waals surface area contributed by atoms with Gasteiger partial charge in [-0.3, -0.25) is 4.79 Å². The molecule has 2 rings (SSSR count). The van der Waals surface area contributed by atoms with E-state index < -0.39 is 0 Å². The van der Waals surface area contributed by atoms with Gasteiger partial charge in [-0.25, -0.2) is 4.39 Å². The van der Waals surface area contributed by atoms with Crippen LogP contribution in [0, 0.1) is 12.7 Å². The van der Waals surface area contributed by atoms with Gasteiger partial charge in [0.05, 0.1) is 0 Å². The summed E-state index contributed by atoms with van der Waals surface area (Å²) in [6.07, 6.45) is 3.39. The molecule has 4 heteroatoms. The molecule has 0 saturated carbocycles. The molecule has 0 radical (unpaired) electrons. The summed E-state index contributed by atoms with van der Waals surface area (Å²) < 4.78 is 13.0. The Kier molecular flexibility index (Phi) is 4.40. The van der Waals surface area contributed by atoms with Crippen LogP contribution >= 0.6 is 0 Å². The number of anilines is 1. The van der Waals surface area contributed by atoms with Crippen molar-refractivity contribution in [3.8, 4) is 0 Å². The smallest absolute Gasteiger partial charge is 0.244 e. The summed E-state index contributed by atoms with van der Waals surface area (Å²) in [7, 11) is 0. The van der Waals surface area contributed by atoms with Gasteiger partial charge in [0.25, 0.3) is 0 Å². The van der Waals surface area contributed by atoms with Crippen molar-refractivity contribution in [2.45, 2.75) is 39.2 Å². The van der Waals surface area contributed by atoms with Gasteiger partial charge in [-0.15, -0.1) is 0 Å². The van der Waals surface area contributed by atoms with Crippen molar-refractivity contribution in [2.75, 3.05) is 18.4 Å². The first-order chi connectivity index (χ1) is 9.08. The van der Waals surface area contributed by atoms with Crippen LogP contribution in [-0.2, 0) is 4.79 Å². The lowest BCUT2D eigenvalue weighted by Gasteiger charge is -2.30. The highest BCUT2D eigenvalue weighted by Gasteiger charge is 2.22. The van der Waals surface area contributed by atoms with E-state index in [2.05, 4.69) is 5.32 Å². The fourth-order valence-corrected chi connectivity index (χ4v) is 2.47. The van der Waals surface area contributed by atoms with Crippen LogP contribution in [0.25, 0.3) is 0 Å². The van der Waals surface area contributed by atoms with Crippen molar-refractivity contribution in [3.05, 3.63) is 29.6 Å². The van der Waals surface area contributed by atoms with Gasteiger partial charge in [0.2, 0.25) is 5.91 Å². The Bertz CT molecular complexity index is 455. The molecule has 1 N–H and O–H groups in total. The first kappa shape index (κ1) is 13.8. The summed E-state index contributed by atoms with van der Waals surface area (Å²) in [5.41, 5.74) is 1.64. The van der Waals surface area contributed by atoms with E-state index in [1.165, 1.54) is 18.6 Å². The predicted molar refractivity (Wildman–Crippen MR) is 74.7 cm³/mol. The van der Waals surface area contributed by atoms with E-state index in [-0.39, 0.29) is 17.8 Å². The second kappa shape index (κ2) is 6.04. The molecular formula is C15H21FN2O. The fraction of sp³-hybridized carbons (Fsp3) is 0.533. The van der Waals surface area contributed by atoms with Gasteiger partial charge in [-0.2, -0.15) is 0 Å². The van der Waals surface area contributed by atoms with Crippen LogP contribution in [0.5, 0.6) is 0 Å². The summed E-state index contributed by atoms with van der Waals surface area (Å²) in [6, 6.07) is 4.29. The number of carbonyl (C=O) groups is 1. The molecule has 1 unspecified atom stereocenters. The van der Waals surface area contributed by atoms with Crippen LogP contribution in [0.4, 0.5) is 10.1 Å². The van der Waals surface area contributed by atoms with Crippen LogP contribution in [0.3, 0.4) is 0 Å². The normalized spacial score (nSPS) is 17.1. The highest BCUT2D eigenvalue weighted by atomic mass is 19.1. The van der Waals surface area contributed by atoms with E-state index in [0.29, 0.717) is 0 Å². The quantitative estimate of drug-likeness (QED) is 0.910. The second-order valence-electron chi connectivity index (χ2n) is 5.21. The van der Waals surface area contributed by atoms with E-state index in [0.717, 1.165) is 37.2 Å². The molecule has 0 aromatic heterocycles. The molecule has 0 spiro atoms. The zero-order valence-electron chi connectivity index (χ0n) is 11.6. The number of piperidine rings is 1. The Morgan fingerprint density at radius 2 is 2.00 bits per heavy atom. The molecule has 1 aliphatic heterocycles. The average Bonchev–Trinajstić information content (AvgIpc) is 2.42. The van der Waals surface area contributed by atoms with E-state index >= 15 is 0 Å². The van der Waals surface area contributed by atoms with E-state index in [9.17, 15) is 9.18 Å². The first-order valence-electron chi connectivity index (χ1n) is 6.89. The second-order valence-corrected chi connectivity index (χ2v) is 5.21. The first-order valence-corrected chi connectivity index (χ1v) is 6.89. The maximum Gasteiger partial charge on any atom is 0.244 e. The SMILES string of the molecule is Cc1cc(F)ccc1NC(C)C(=O)N1CCCCC1. The lowest BCUT2D eigenvalue weighted by atomic mass is 10.1. The minimum Gasteiger partial charge on any atom is -0.374 e. The number of hydrogen-bond donors (Lipinski definition) is 1. The summed E-state index contributed by atoms with van der Waals surface area (Å²) in [5, 5.41) is 3.18. The summed E-state index contributed by atoms with van der Waals surface area (Å²) in [5.74, 6) is -0.124. The number of nitrogens with zero attached hydrogens (tertiary/aromatic N) is 1. The fourth-order valence-electron chi connectivity index (χ4n) is 2.47. The van der Waals surface area contributed by atoms with E-state index in [1.54, 1.807) is 6.07 Å². The summed E-state index contributed by atoms with van der Waals surface area (Å²) >= 11 is 0. The maximum absolute atomic E-state index is 13.0. The molecule has 0 aliphatic carbocycles. The molecule has 1 aromatic rings. The molecule has 1 heterocycles. The lowest BCUT2D eigenvalue weighted by molar-refractivity contribution is -0.132. The largest absolute Gasteiger partial charge is 0.374 e. The summed E-state index contributed by atoms with van der Waals surface area (Å²) in [4.78, 5) is 14.2. The van der Waals surface area contributed by atoms with Crippen molar-refractivity contribution in [1.82, 2.24) is 4.90 Å². The molecule has 1 fully saturated rings. The van der Waals surface area contributed by atoms with Gasteiger partial charge < -0.3 is 10.2 Å². The zero-order valence-corrected chi connectivity index (χ0v) is 11.6. The van der Waals surface area contributed by atoms with E-state index in [4.69, 9.17) is 0 Å². The van der Waals surface area contributed by atoms with Gasteiger partial charge >= 0.3 is 0 Å². The zero-order chi connectivity index (χ0) is 13.8. The Morgan fingerprint density at radius 3 is 2.63 bits per heavy atom. The number of carbonyl (C=O) groups excluding carboxylic acids is 1. The number of amides is 1. The predicted octanol–water partition coefficient (Wildman–Crippen LogP) is 2.95. The lowest BCUT2D eigenvalue weighted by Crippen LogP contribution is -2.43. The topological polar surface area (TPSA) is 32.3 Å². The van der Waals surface area contributed by atoms with Gasteiger partial charge in [0.15, 0.2) is 0 Å². The van der Waals surface area contributed by atoms with E-state index in [1.807, 2.05) is 18.7 Å². The monoisotopic (exact) mass is 264 g/mol. The Morgan fingerprint density at radius 1 is 1.32 bits per heavy atom. The Hall–Kier alpha value is -1.58. The van der Waals surface area contributed by atoms with Crippen molar-refractivity contribution in [2.24, 2.45) is 0 Å². The third-order valence-corrected chi connectivity index (χ3v) is 3.60. The van der Waals surface area contributed by atoms with Crippen LogP contribution in [0.2, 0.25) is 0 Å². The van der Waals surface area contributed by atoms with Crippen molar-refractivity contribution in [3.63, 3.8) is 0 Å². The minimum atomic E-state index is -0.276. The van der Waals surface area contributed by atoms with Crippen molar-refractivity contribution < 1.29 is 9.18 Å². The van der Waals surface area contributed by atoms with Crippen LogP contribution in [0.1, 0.15) is 31.7 Å². The Labute approximate surface area is 113 Å². The number of hydrogen-bond acceptors (Lipinski definition) is 2. The number of benzene rings is 1. The number of rotatable bonds is 3. The number of likely N-dealkylation sites (tertiary alicyclic amines) is 1. The number of nitrogens with one attached hydrogen (secondary N) is 1. The molecule has 19 heavy (non-hydrogen) atoms. The number of aryl methyl sites for hydroxylation is 1. The third kappa shape index (κ3) is 3.46. The van der Waals surface area contributed by atoms with Gasteiger partial charge in [-0.05, 0) is 56.9 Å². The standard InChI is InChI=1S/C15H21FN2O/c1-11-10-13(16)6-7-14(11)17-12(2)15(19)18-8-4-3-5-9-18/h6-7,10,12,17H,3-5,8-9H2,1-2H3. The minimum absolute atomic E-state index is 0.128. The highest BCUT2D eigenvalue weighted by Crippen LogP contribution is 2.18. The van der Waals surface area contributed by atoms with Crippen molar-refractivity contribution in [1.29, 1.82) is 0 Å². The summed E-state index contributed by atoms with van der Waals surface area (Å²) in [6.45, 7) is 5.41. The number of halogens is 1. The Balaban J connectivity index is 1.99. The maximum atomic E-state index is 13.0. The van der Waals surface area contributed by atoms with Crippen LogP contribution in [0.15, 0.2) is 18.2 Å². The van der Waals surface area contributed by atoms with Crippen molar-refractivity contribution >= 4 is 11.6 Å². The molecule has 0 bridgehead atoms. The molecule has 3 nitrogen and oxygen atoms in total.